The van der Waals surface area contributed by atoms with Crippen molar-refractivity contribution in [3.8, 4) is 0 Å². The predicted molar refractivity (Wildman–Crippen MR) is 82.2 cm³/mol. The van der Waals surface area contributed by atoms with Gasteiger partial charge in [0.15, 0.2) is 0 Å². The van der Waals surface area contributed by atoms with Gasteiger partial charge in [0.25, 0.3) is 0 Å². The summed E-state index contributed by atoms with van der Waals surface area (Å²) in [5.74, 6) is 0.515. The van der Waals surface area contributed by atoms with Crippen molar-refractivity contribution >= 4 is 5.91 Å². The number of nitrogens with one attached hydrogen (secondary N) is 1. The molecule has 1 fully saturated rings. The number of amides is 1. The normalized spacial score (nSPS) is 20.9. The van der Waals surface area contributed by atoms with E-state index in [-0.39, 0.29) is 11.9 Å². The quantitative estimate of drug-likeness (QED) is 0.887. The Kier molecular flexibility index (Phi) is 4.81. The molecule has 20 heavy (non-hydrogen) atoms. The van der Waals surface area contributed by atoms with Gasteiger partial charge >= 0.3 is 0 Å². The molecule has 0 aliphatic heterocycles. The third-order valence-electron chi connectivity index (χ3n) is 4.56. The van der Waals surface area contributed by atoms with Gasteiger partial charge in [0.05, 0.1) is 0 Å². The summed E-state index contributed by atoms with van der Waals surface area (Å²) in [6.07, 6.45) is 6.32. The van der Waals surface area contributed by atoms with E-state index in [9.17, 15) is 4.79 Å². The van der Waals surface area contributed by atoms with Crippen LogP contribution in [-0.4, -0.2) is 11.9 Å². The highest BCUT2D eigenvalue weighted by molar-refractivity contribution is 5.87. The maximum Gasteiger partial charge on any atom is 0.244 e. The van der Waals surface area contributed by atoms with Crippen LogP contribution in [0.3, 0.4) is 0 Å². The molecule has 3 heteroatoms. The third-order valence-corrected chi connectivity index (χ3v) is 4.56. The van der Waals surface area contributed by atoms with Crippen LogP contribution in [0, 0.1) is 5.92 Å². The zero-order chi connectivity index (χ0) is 14.6. The van der Waals surface area contributed by atoms with Crippen molar-refractivity contribution in [2.75, 3.05) is 0 Å². The van der Waals surface area contributed by atoms with Crippen LogP contribution in [-0.2, 0) is 10.3 Å². The minimum Gasteiger partial charge on any atom is -0.351 e. The highest BCUT2D eigenvalue weighted by Gasteiger charge is 2.32. The largest absolute Gasteiger partial charge is 0.351 e. The van der Waals surface area contributed by atoms with Crippen LogP contribution in [0.4, 0.5) is 0 Å². The number of carbonyl (C=O) groups excluding carboxylic acids is 1. The molecule has 1 unspecified atom stereocenters. The van der Waals surface area contributed by atoms with E-state index in [4.69, 9.17) is 5.73 Å². The van der Waals surface area contributed by atoms with Gasteiger partial charge in [-0.05, 0) is 38.2 Å². The van der Waals surface area contributed by atoms with E-state index in [0.29, 0.717) is 5.92 Å². The summed E-state index contributed by atoms with van der Waals surface area (Å²) in [6, 6.07) is 9.78. The minimum atomic E-state index is -0.968. The van der Waals surface area contributed by atoms with E-state index in [2.05, 4.69) is 12.2 Å². The van der Waals surface area contributed by atoms with Gasteiger partial charge in [0, 0.05) is 6.04 Å². The van der Waals surface area contributed by atoms with Crippen molar-refractivity contribution in [1.29, 1.82) is 0 Å². The van der Waals surface area contributed by atoms with Crippen molar-refractivity contribution in [2.45, 2.75) is 57.5 Å². The van der Waals surface area contributed by atoms with E-state index >= 15 is 0 Å². The number of nitrogens with two attached hydrogens (primary N) is 1. The molecule has 1 amide bonds. The van der Waals surface area contributed by atoms with Gasteiger partial charge in [0.2, 0.25) is 5.91 Å². The lowest BCUT2D eigenvalue weighted by Gasteiger charge is -2.32. The average Bonchev–Trinajstić information content (AvgIpc) is 2.49. The Hall–Kier alpha value is -1.35. The maximum absolute atomic E-state index is 12.5. The first-order valence-corrected chi connectivity index (χ1v) is 7.67. The van der Waals surface area contributed by atoms with Crippen molar-refractivity contribution in [2.24, 2.45) is 11.7 Å². The summed E-state index contributed by atoms with van der Waals surface area (Å²) >= 11 is 0. The van der Waals surface area contributed by atoms with Gasteiger partial charge < -0.3 is 11.1 Å². The zero-order valence-electron chi connectivity index (χ0n) is 12.6. The van der Waals surface area contributed by atoms with E-state index in [1.807, 2.05) is 30.3 Å². The van der Waals surface area contributed by atoms with Gasteiger partial charge in [-0.3, -0.25) is 4.79 Å². The predicted octanol–water partition coefficient (Wildman–Crippen LogP) is 2.95. The van der Waals surface area contributed by atoms with Crippen LogP contribution >= 0.6 is 0 Å². The summed E-state index contributed by atoms with van der Waals surface area (Å²) in [6.45, 7) is 3.89. The Morgan fingerprint density at radius 2 is 1.85 bits per heavy atom. The topological polar surface area (TPSA) is 55.1 Å². The third kappa shape index (κ3) is 3.40. The molecular formula is C17H26N2O. The Morgan fingerprint density at radius 3 is 2.45 bits per heavy atom. The molecule has 0 spiro atoms. The molecule has 3 N–H and O–H groups in total. The molecule has 1 aromatic rings. The maximum atomic E-state index is 12.5. The first-order chi connectivity index (χ1) is 9.51. The average molecular weight is 274 g/mol. The molecule has 110 valence electrons. The van der Waals surface area contributed by atoms with E-state index < -0.39 is 5.54 Å². The summed E-state index contributed by atoms with van der Waals surface area (Å²) in [5, 5.41) is 3.12. The molecular weight excluding hydrogens is 248 g/mol. The fraction of sp³-hybridized carbons (Fsp3) is 0.588. The van der Waals surface area contributed by atoms with Crippen LogP contribution in [0.5, 0.6) is 0 Å². The highest BCUT2D eigenvalue weighted by atomic mass is 16.2. The second-order valence-electron chi connectivity index (χ2n) is 6.23. The number of carbonyl (C=O) groups is 1. The molecule has 2 rings (SSSR count). The van der Waals surface area contributed by atoms with Crippen molar-refractivity contribution in [1.82, 2.24) is 5.32 Å². The summed E-state index contributed by atoms with van der Waals surface area (Å²) in [4.78, 5) is 12.5. The number of rotatable bonds is 4. The van der Waals surface area contributed by atoms with Gasteiger partial charge in [-0.1, -0.05) is 49.6 Å². The SMILES string of the molecule is C[C@@H](NC(=O)C(C)(N)c1ccccc1)C1CCCCC1. The smallest absolute Gasteiger partial charge is 0.244 e. The number of benzene rings is 1. The van der Waals surface area contributed by atoms with Crippen LogP contribution < -0.4 is 11.1 Å². The highest BCUT2D eigenvalue weighted by Crippen LogP contribution is 2.27. The molecule has 0 radical (unpaired) electrons. The Bertz CT molecular complexity index is 436. The Labute approximate surface area is 121 Å². The first kappa shape index (κ1) is 15.0. The van der Waals surface area contributed by atoms with E-state index in [0.717, 1.165) is 5.56 Å². The van der Waals surface area contributed by atoms with Crippen molar-refractivity contribution in [3.05, 3.63) is 35.9 Å². The summed E-state index contributed by atoms with van der Waals surface area (Å²) in [7, 11) is 0. The lowest BCUT2D eigenvalue weighted by atomic mass is 9.84. The second kappa shape index (κ2) is 6.40. The van der Waals surface area contributed by atoms with Gasteiger partial charge in [-0.25, -0.2) is 0 Å². The Balaban J connectivity index is 2.00. The molecule has 2 atom stereocenters. The minimum absolute atomic E-state index is 0.0817. The zero-order valence-corrected chi connectivity index (χ0v) is 12.6. The molecule has 3 nitrogen and oxygen atoms in total. The van der Waals surface area contributed by atoms with Crippen molar-refractivity contribution < 1.29 is 4.79 Å². The number of hydrogen-bond donors (Lipinski definition) is 2. The van der Waals surface area contributed by atoms with E-state index in [1.54, 1.807) is 6.92 Å². The van der Waals surface area contributed by atoms with Gasteiger partial charge in [-0.15, -0.1) is 0 Å². The van der Waals surface area contributed by atoms with Crippen LogP contribution in [0.25, 0.3) is 0 Å². The van der Waals surface area contributed by atoms with E-state index in [1.165, 1.54) is 32.1 Å². The standard InChI is InChI=1S/C17H26N2O/c1-13(14-9-5-3-6-10-14)19-16(20)17(2,18)15-11-7-4-8-12-15/h4,7-8,11-14H,3,5-6,9-10,18H2,1-2H3,(H,19,20)/t13-,17?/m1/s1. The molecule has 1 aliphatic rings. The van der Waals surface area contributed by atoms with Crippen LogP contribution in [0.1, 0.15) is 51.5 Å². The molecule has 1 aliphatic carbocycles. The summed E-state index contributed by atoms with van der Waals surface area (Å²) < 4.78 is 0. The molecule has 0 saturated heterocycles. The first-order valence-electron chi connectivity index (χ1n) is 7.67. The van der Waals surface area contributed by atoms with Crippen LogP contribution in [0.15, 0.2) is 30.3 Å². The Morgan fingerprint density at radius 1 is 1.25 bits per heavy atom. The van der Waals surface area contributed by atoms with Crippen molar-refractivity contribution in [3.63, 3.8) is 0 Å². The molecule has 0 bridgehead atoms. The van der Waals surface area contributed by atoms with Gasteiger partial charge in [0.1, 0.15) is 5.54 Å². The molecule has 0 heterocycles. The molecule has 1 saturated carbocycles. The lowest BCUT2D eigenvalue weighted by Crippen LogP contribution is -2.52. The fourth-order valence-electron chi connectivity index (χ4n) is 3.02. The monoisotopic (exact) mass is 274 g/mol. The molecule has 1 aromatic carbocycles. The van der Waals surface area contributed by atoms with Crippen LogP contribution in [0.2, 0.25) is 0 Å². The second-order valence-corrected chi connectivity index (χ2v) is 6.23. The van der Waals surface area contributed by atoms with Gasteiger partial charge in [-0.2, -0.15) is 0 Å². The fourth-order valence-corrected chi connectivity index (χ4v) is 3.02. The summed E-state index contributed by atoms with van der Waals surface area (Å²) in [5.41, 5.74) is 6.13. The number of hydrogen-bond acceptors (Lipinski definition) is 2. The molecule has 0 aromatic heterocycles. The lowest BCUT2D eigenvalue weighted by molar-refractivity contribution is -0.127.